The first-order valence-electron chi connectivity index (χ1n) is 5.78. The Morgan fingerprint density at radius 2 is 1.67 bits per heavy atom. The highest BCUT2D eigenvalue weighted by Crippen LogP contribution is 2.27. The van der Waals surface area contributed by atoms with Crippen LogP contribution in [0.2, 0.25) is 0 Å². The summed E-state index contributed by atoms with van der Waals surface area (Å²) in [7, 11) is 1.55. The molecule has 3 nitrogen and oxygen atoms in total. The zero-order valence-electron chi connectivity index (χ0n) is 10.2. The smallest absolute Gasteiger partial charge is 0.117 e. The average molecular weight is 244 g/mol. The zero-order valence-corrected chi connectivity index (χ0v) is 10.2. The highest BCUT2D eigenvalue weighted by molar-refractivity contribution is 5.37. The van der Waals surface area contributed by atoms with Gasteiger partial charge in [-0.05, 0) is 23.3 Å². The third kappa shape index (κ3) is 2.70. The molecule has 2 atom stereocenters. The van der Waals surface area contributed by atoms with Gasteiger partial charge in [0.05, 0.1) is 13.2 Å². The van der Waals surface area contributed by atoms with Crippen molar-refractivity contribution in [3.63, 3.8) is 0 Å². The molecule has 2 N–H and O–H groups in total. The number of aliphatic hydroxyl groups excluding tert-OH is 2. The van der Waals surface area contributed by atoms with Crippen molar-refractivity contribution < 1.29 is 14.9 Å². The van der Waals surface area contributed by atoms with Crippen molar-refractivity contribution in [2.75, 3.05) is 7.11 Å². The van der Waals surface area contributed by atoms with Gasteiger partial charge in [-0.15, -0.1) is 0 Å². The minimum absolute atomic E-state index is 0.582. The summed E-state index contributed by atoms with van der Waals surface area (Å²) in [6.45, 7) is 0. The summed E-state index contributed by atoms with van der Waals surface area (Å²) in [6, 6.07) is 7.27. The Hall–Kier alpha value is -1.84. The molecule has 1 aliphatic rings. The summed E-state index contributed by atoms with van der Waals surface area (Å²) in [4.78, 5) is 0. The number of hydrogen-bond acceptors (Lipinski definition) is 3. The quantitative estimate of drug-likeness (QED) is 0.797. The van der Waals surface area contributed by atoms with Crippen LogP contribution >= 0.6 is 0 Å². The van der Waals surface area contributed by atoms with E-state index in [1.165, 1.54) is 0 Å². The van der Waals surface area contributed by atoms with Crippen molar-refractivity contribution >= 4 is 0 Å². The molecule has 0 heterocycles. The predicted molar refractivity (Wildman–Crippen MR) is 69.7 cm³/mol. The van der Waals surface area contributed by atoms with Crippen molar-refractivity contribution in [1.29, 1.82) is 0 Å². The molecule has 18 heavy (non-hydrogen) atoms. The lowest BCUT2D eigenvalue weighted by atomic mass is 9.96. The largest absolute Gasteiger partial charge is 0.497 e. The minimum atomic E-state index is -0.804. The molecule has 2 rings (SSSR count). The van der Waals surface area contributed by atoms with Gasteiger partial charge in [0.25, 0.3) is 0 Å². The van der Waals surface area contributed by atoms with Crippen LogP contribution in [0.4, 0.5) is 0 Å². The number of hydrogen-bond donors (Lipinski definition) is 2. The van der Waals surface area contributed by atoms with Gasteiger partial charge in [-0.3, -0.25) is 0 Å². The third-order valence-corrected chi connectivity index (χ3v) is 2.86. The lowest BCUT2D eigenvalue weighted by Gasteiger charge is -2.16. The van der Waals surface area contributed by atoms with E-state index in [9.17, 15) is 10.2 Å². The molecule has 0 aliphatic heterocycles. The summed E-state index contributed by atoms with van der Waals surface area (Å²) < 4.78 is 5.15. The molecule has 94 valence electrons. The first kappa shape index (κ1) is 12.6. The van der Waals surface area contributed by atoms with Gasteiger partial charge in [-0.2, -0.15) is 0 Å². The average Bonchev–Trinajstić information content (AvgIpc) is 2.41. The van der Waals surface area contributed by atoms with E-state index in [1.807, 2.05) is 12.1 Å². The van der Waals surface area contributed by atoms with Crippen LogP contribution in [0.1, 0.15) is 23.3 Å². The second-order valence-electron chi connectivity index (χ2n) is 4.04. The lowest BCUT2D eigenvalue weighted by molar-refractivity contribution is 0.199. The van der Waals surface area contributed by atoms with Gasteiger partial charge in [0.15, 0.2) is 0 Å². The van der Waals surface area contributed by atoms with Crippen molar-refractivity contribution in [1.82, 2.24) is 0 Å². The number of methoxy groups -OCH3 is 1. The molecule has 3 heteroatoms. The molecule has 0 bridgehead atoms. The predicted octanol–water partition coefficient (Wildman–Crippen LogP) is 2.41. The van der Waals surface area contributed by atoms with Gasteiger partial charge in [0, 0.05) is 0 Å². The first-order chi connectivity index (χ1) is 8.72. The molecule has 1 aliphatic carbocycles. The van der Waals surface area contributed by atoms with Crippen molar-refractivity contribution in [2.45, 2.75) is 12.2 Å². The normalized spacial score (nSPS) is 24.9. The van der Waals surface area contributed by atoms with E-state index in [1.54, 1.807) is 49.6 Å². The Morgan fingerprint density at radius 3 is 2.33 bits per heavy atom. The minimum Gasteiger partial charge on any atom is -0.497 e. The molecule has 0 aromatic heterocycles. The second-order valence-corrected chi connectivity index (χ2v) is 4.04. The number of allylic oxidation sites excluding steroid dienone is 3. The lowest BCUT2D eigenvalue weighted by Crippen LogP contribution is -2.05. The summed E-state index contributed by atoms with van der Waals surface area (Å²) in [5.41, 5.74) is 1.38. The van der Waals surface area contributed by atoms with Crippen molar-refractivity contribution in [3.8, 4) is 0 Å². The summed E-state index contributed by atoms with van der Waals surface area (Å²) in [5.74, 6) is 0.582. The standard InChI is InChI=1S/C15H16O3/c1-18-11-6-2-5-9-14(16)12-7-3-4-8-13(12)15(17)10-11/h2-10,14-17H,1H3/b6-2?,9-5+,11-10?. The summed E-state index contributed by atoms with van der Waals surface area (Å²) in [5, 5.41) is 20.2. The van der Waals surface area contributed by atoms with Crippen LogP contribution in [0.5, 0.6) is 0 Å². The Kier molecular flexibility index (Phi) is 3.97. The zero-order chi connectivity index (χ0) is 13.0. The molecule has 0 spiro atoms. The molecular formula is C15H16O3. The Balaban J connectivity index is 2.51. The molecule has 0 saturated carbocycles. The highest BCUT2D eigenvalue weighted by atomic mass is 16.5. The van der Waals surface area contributed by atoms with Crippen molar-refractivity contribution in [3.05, 3.63) is 71.5 Å². The maximum absolute atomic E-state index is 10.2. The number of rotatable bonds is 1. The summed E-state index contributed by atoms with van der Waals surface area (Å²) in [6.07, 6.45) is 7.01. The van der Waals surface area contributed by atoms with Crippen LogP contribution in [0.3, 0.4) is 0 Å². The van der Waals surface area contributed by atoms with Gasteiger partial charge >= 0.3 is 0 Å². The topological polar surface area (TPSA) is 49.7 Å². The van der Waals surface area contributed by atoms with Gasteiger partial charge in [-0.1, -0.05) is 42.5 Å². The molecule has 0 saturated heterocycles. The first-order valence-corrected chi connectivity index (χ1v) is 5.78. The SMILES string of the molecule is COC1=CC(O)c2ccccc2C(O)/C=C/C=C1. The molecular weight excluding hydrogens is 228 g/mol. The maximum Gasteiger partial charge on any atom is 0.117 e. The Labute approximate surface area is 106 Å². The van der Waals surface area contributed by atoms with Gasteiger partial charge < -0.3 is 14.9 Å². The van der Waals surface area contributed by atoms with Crippen LogP contribution in [0.15, 0.2) is 60.4 Å². The van der Waals surface area contributed by atoms with Crippen LogP contribution < -0.4 is 0 Å². The van der Waals surface area contributed by atoms with E-state index in [4.69, 9.17) is 4.74 Å². The molecule has 1 aromatic carbocycles. The number of fused-ring (bicyclic) bond motifs is 1. The van der Waals surface area contributed by atoms with E-state index in [0.717, 1.165) is 0 Å². The molecule has 2 unspecified atom stereocenters. The maximum atomic E-state index is 10.2. The fraction of sp³-hybridized carbons (Fsp3) is 0.200. The molecule has 0 fully saturated rings. The van der Waals surface area contributed by atoms with E-state index >= 15 is 0 Å². The fourth-order valence-electron chi connectivity index (χ4n) is 1.91. The van der Waals surface area contributed by atoms with Gasteiger partial charge in [0.2, 0.25) is 0 Å². The van der Waals surface area contributed by atoms with Crippen LogP contribution in [-0.2, 0) is 4.74 Å². The molecule has 0 radical (unpaired) electrons. The van der Waals surface area contributed by atoms with E-state index in [2.05, 4.69) is 0 Å². The molecule has 0 amide bonds. The third-order valence-electron chi connectivity index (χ3n) is 2.86. The monoisotopic (exact) mass is 244 g/mol. The highest BCUT2D eigenvalue weighted by Gasteiger charge is 2.15. The van der Waals surface area contributed by atoms with Crippen LogP contribution in [0.25, 0.3) is 0 Å². The van der Waals surface area contributed by atoms with E-state index in [-0.39, 0.29) is 0 Å². The Morgan fingerprint density at radius 1 is 1.00 bits per heavy atom. The second kappa shape index (κ2) is 5.67. The van der Waals surface area contributed by atoms with Gasteiger partial charge in [0.1, 0.15) is 11.9 Å². The van der Waals surface area contributed by atoms with Crippen LogP contribution in [0, 0.1) is 0 Å². The number of aliphatic hydroxyl groups is 2. The molecule has 1 aromatic rings. The fourth-order valence-corrected chi connectivity index (χ4v) is 1.91. The Bertz CT molecular complexity index is 500. The van der Waals surface area contributed by atoms with Gasteiger partial charge in [-0.25, -0.2) is 0 Å². The van der Waals surface area contributed by atoms with E-state index < -0.39 is 12.2 Å². The number of ether oxygens (including phenoxy) is 1. The van der Waals surface area contributed by atoms with E-state index in [0.29, 0.717) is 16.9 Å². The van der Waals surface area contributed by atoms with Crippen molar-refractivity contribution in [2.24, 2.45) is 0 Å². The van der Waals surface area contributed by atoms with Crippen LogP contribution in [-0.4, -0.2) is 17.3 Å². The summed E-state index contributed by atoms with van der Waals surface area (Å²) >= 11 is 0. The number of benzene rings is 1.